The summed E-state index contributed by atoms with van der Waals surface area (Å²) in [7, 11) is 0. The standard InChI is InChI=1S/C30H35N3O2/c1-22-19-23(2)21-25(20-22)35-18-17-33-28-14-9-8-13-27(28)32-29(33)15-5-4-10-16-31-30(34)26-12-7-6-11-24(26)3/h6-9,11-14,19-21H,4-5,10,15-18H2,1-3H3,(H,31,34). The highest BCUT2D eigenvalue weighted by Crippen LogP contribution is 2.20. The third-order valence-electron chi connectivity index (χ3n) is 6.26. The summed E-state index contributed by atoms with van der Waals surface area (Å²) in [5.41, 5.74) is 6.36. The van der Waals surface area contributed by atoms with Gasteiger partial charge in [0, 0.05) is 18.5 Å². The van der Waals surface area contributed by atoms with Crippen LogP contribution >= 0.6 is 0 Å². The van der Waals surface area contributed by atoms with Crippen molar-refractivity contribution in [3.8, 4) is 5.75 Å². The number of hydrogen-bond acceptors (Lipinski definition) is 3. The van der Waals surface area contributed by atoms with Gasteiger partial charge in [0.2, 0.25) is 0 Å². The lowest BCUT2D eigenvalue weighted by molar-refractivity contribution is 0.0952. The van der Waals surface area contributed by atoms with Gasteiger partial charge in [-0.1, -0.05) is 42.8 Å². The summed E-state index contributed by atoms with van der Waals surface area (Å²) in [5, 5.41) is 3.05. The van der Waals surface area contributed by atoms with Crippen molar-refractivity contribution in [3.05, 3.63) is 94.8 Å². The van der Waals surface area contributed by atoms with Crippen molar-refractivity contribution < 1.29 is 9.53 Å². The molecule has 0 spiro atoms. The van der Waals surface area contributed by atoms with Crippen molar-refractivity contribution in [3.63, 3.8) is 0 Å². The molecule has 182 valence electrons. The number of ether oxygens (including phenoxy) is 1. The number of hydrogen-bond donors (Lipinski definition) is 1. The minimum atomic E-state index is 0.00805. The molecule has 4 aromatic rings. The van der Waals surface area contributed by atoms with Crippen LogP contribution in [0, 0.1) is 20.8 Å². The predicted octanol–water partition coefficient (Wildman–Crippen LogP) is 6.18. The summed E-state index contributed by atoms with van der Waals surface area (Å²) in [6.45, 7) is 8.20. The monoisotopic (exact) mass is 469 g/mol. The number of aromatic nitrogens is 2. The van der Waals surface area contributed by atoms with E-state index < -0.39 is 0 Å². The second kappa shape index (κ2) is 11.7. The molecule has 0 aliphatic heterocycles. The fraction of sp³-hybridized carbons (Fsp3) is 0.333. The molecule has 0 saturated carbocycles. The lowest BCUT2D eigenvalue weighted by atomic mass is 10.1. The van der Waals surface area contributed by atoms with Gasteiger partial charge in [-0.15, -0.1) is 0 Å². The van der Waals surface area contributed by atoms with Gasteiger partial charge in [0.05, 0.1) is 17.6 Å². The first-order valence-electron chi connectivity index (χ1n) is 12.5. The van der Waals surface area contributed by atoms with Crippen molar-refractivity contribution >= 4 is 16.9 Å². The molecule has 0 atom stereocenters. The van der Waals surface area contributed by atoms with E-state index >= 15 is 0 Å². The second-order valence-corrected chi connectivity index (χ2v) is 9.22. The average Bonchev–Trinajstić information content (AvgIpc) is 3.18. The highest BCUT2D eigenvalue weighted by molar-refractivity contribution is 5.95. The van der Waals surface area contributed by atoms with Gasteiger partial charge in [-0.3, -0.25) is 4.79 Å². The molecule has 0 radical (unpaired) electrons. The topological polar surface area (TPSA) is 56.1 Å². The number of carbonyl (C=O) groups is 1. The zero-order valence-electron chi connectivity index (χ0n) is 21.0. The Morgan fingerprint density at radius 3 is 2.46 bits per heavy atom. The Kier molecular flexibility index (Phi) is 8.19. The highest BCUT2D eigenvalue weighted by Gasteiger charge is 2.11. The van der Waals surface area contributed by atoms with E-state index in [9.17, 15) is 4.79 Å². The van der Waals surface area contributed by atoms with Crippen LogP contribution in [-0.4, -0.2) is 28.6 Å². The molecule has 0 aliphatic rings. The zero-order valence-corrected chi connectivity index (χ0v) is 21.0. The molecule has 0 saturated heterocycles. The third kappa shape index (κ3) is 6.50. The summed E-state index contributed by atoms with van der Waals surface area (Å²) >= 11 is 0. The van der Waals surface area contributed by atoms with Crippen LogP contribution in [0.4, 0.5) is 0 Å². The van der Waals surface area contributed by atoms with Gasteiger partial charge in [0.15, 0.2) is 0 Å². The molecule has 1 aromatic heterocycles. The molecule has 5 nitrogen and oxygen atoms in total. The average molecular weight is 470 g/mol. The molecule has 5 heteroatoms. The van der Waals surface area contributed by atoms with E-state index in [0.717, 1.165) is 66.0 Å². The molecule has 0 bridgehead atoms. The van der Waals surface area contributed by atoms with Crippen LogP contribution in [0.3, 0.4) is 0 Å². The number of rotatable bonds is 11. The lowest BCUT2D eigenvalue weighted by Gasteiger charge is -2.12. The Morgan fingerprint density at radius 1 is 0.914 bits per heavy atom. The van der Waals surface area contributed by atoms with Crippen molar-refractivity contribution in [2.75, 3.05) is 13.2 Å². The van der Waals surface area contributed by atoms with Gasteiger partial charge in [-0.2, -0.15) is 0 Å². The fourth-order valence-corrected chi connectivity index (χ4v) is 4.55. The number of aryl methyl sites for hydroxylation is 4. The summed E-state index contributed by atoms with van der Waals surface area (Å²) in [6.07, 6.45) is 3.93. The number of para-hydroxylation sites is 2. The quantitative estimate of drug-likeness (QED) is 0.267. The highest BCUT2D eigenvalue weighted by atomic mass is 16.5. The summed E-state index contributed by atoms with van der Waals surface area (Å²) < 4.78 is 8.37. The minimum absolute atomic E-state index is 0.00805. The molecule has 1 heterocycles. The van der Waals surface area contributed by atoms with Gasteiger partial charge < -0.3 is 14.6 Å². The Hall–Kier alpha value is -3.60. The normalized spacial score (nSPS) is 11.1. The van der Waals surface area contributed by atoms with Crippen LogP contribution < -0.4 is 10.1 Å². The Morgan fingerprint density at radius 2 is 1.66 bits per heavy atom. The Bertz CT molecular complexity index is 1270. The maximum Gasteiger partial charge on any atom is 0.251 e. The SMILES string of the molecule is Cc1cc(C)cc(OCCn2c(CCCCCNC(=O)c3ccccc3C)nc3ccccc32)c1. The van der Waals surface area contributed by atoms with Gasteiger partial charge in [0.1, 0.15) is 18.2 Å². The Balaban J connectivity index is 1.29. The van der Waals surface area contributed by atoms with Gasteiger partial charge in [0.25, 0.3) is 5.91 Å². The molecule has 35 heavy (non-hydrogen) atoms. The van der Waals surface area contributed by atoms with Crippen LogP contribution in [0.15, 0.2) is 66.7 Å². The molecule has 0 aliphatic carbocycles. The molecule has 1 amide bonds. The third-order valence-corrected chi connectivity index (χ3v) is 6.26. The molecule has 0 fully saturated rings. The summed E-state index contributed by atoms with van der Waals surface area (Å²) in [4.78, 5) is 17.3. The van der Waals surface area contributed by atoms with Crippen molar-refractivity contribution in [2.24, 2.45) is 0 Å². The largest absolute Gasteiger partial charge is 0.492 e. The van der Waals surface area contributed by atoms with Crippen LogP contribution in [0.1, 0.15) is 52.1 Å². The molecule has 4 rings (SSSR count). The number of nitrogens with one attached hydrogen (secondary N) is 1. The number of carbonyl (C=O) groups excluding carboxylic acids is 1. The first kappa shape index (κ1) is 24.5. The van der Waals surface area contributed by atoms with Crippen molar-refractivity contribution in [1.29, 1.82) is 0 Å². The number of nitrogens with zero attached hydrogens (tertiary/aromatic N) is 2. The molecule has 0 unspecified atom stereocenters. The first-order valence-corrected chi connectivity index (χ1v) is 12.5. The van der Waals surface area contributed by atoms with Gasteiger partial charge >= 0.3 is 0 Å². The van der Waals surface area contributed by atoms with E-state index in [0.29, 0.717) is 13.2 Å². The minimum Gasteiger partial charge on any atom is -0.492 e. The first-order chi connectivity index (χ1) is 17.0. The maximum absolute atomic E-state index is 12.4. The zero-order chi connectivity index (χ0) is 24.6. The number of imidazole rings is 1. The predicted molar refractivity (Wildman–Crippen MR) is 142 cm³/mol. The molecular weight excluding hydrogens is 434 g/mol. The number of fused-ring (bicyclic) bond motifs is 1. The van der Waals surface area contributed by atoms with Crippen LogP contribution in [0.2, 0.25) is 0 Å². The van der Waals surface area contributed by atoms with Gasteiger partial charge in [-0.25, -0.2) is 4.98 Å². The van der Waals surface area contributed by atoms with E-state index in [4.69, 9.17) is 9.72 Å². The Labute approximate surface area is 208 Å². The van der Waals surface area contributed by atoms with E-state index in [1.165, 1.54) is 11.1 Å². The fourth-order valence-electron chi connectivity index (χ4n) is 4.55. The number of benzene rings is 3. The maximum atomic E-state index is 12.4. The van der Waals surface area contributed by atoms with E-state index in [1.54, 1.807) is 0 Å². The van der Waals surface area contributed by atoms with E-state index in [2.05, 4.69) is 60.1 Å². The van der Waals surface area contributed by atoms with Crippen LogP contribution in [0.25, 0.3) is 11.0 Å². The summed E-state index contributed by atoms with van der Waals surface area (Å²) in [6, 6.07) is 22.3. The van der Waals surface area contributed by atoms with Crippen LogP contribution in [0.5, 0.6) is 5.75 Å². The van der Waals surface area contributed by atoms with Crippen LogP contribution in [-0.2, 0) is 13.0 Å². The van der Waals surface area contributed by atoms with E-state index in [1.807, 2.05) is 37.3 Å². The summed E-state index contributed by atoms with van der Waals surface area (Å²) in [5.74, 6) is 2.02. The molecular formula is C30H35N3O2. The second-order valence-electron chi connectivity index (χ2n) is 9.22. The van der Waals surface area contributed by atoms with Crippen molar-refractivity contribution in [1.82, 2.24) is 14.9 Å². The number of unbranched alkanes of at least 4 members (excludes halogenated alkanes) is 2. The molecule has 3 aromatic carbocycles. The van der Waals surface area contributed by atoms with Crippen molar-refractivity contribution in [2.45, 2.75) is 53.0 Å². The van der Waals surface area contributed by atoms with Gasteiger partial charge in [-0.05, 0) is 80.6 Å². The molecule has 1 N–H and O–H groups in total. The van der Waals surface area contributed by atoms with E-state index in [-0.39, 0.29) is 5.91 Å². The lowest BCUT2D eigenvalue weighted by Crippen LogP contribution is -2.25. The number of amides is 1. The smallest absolute Gasteiger partial charge is 0.251 e.